The first-order chi connectivity index (χ1) is 11.7. The number of hydrogen-bond donors (Lipinski definition) is 3. The van der Waals surface area contributed by atoms with Gasteiger partial charge in [0.15, 0.2) is 0 Å². The number of fused-ring (bicyclic) bond motifs is 1. The summed E-state index contributed by atoms with van der Waals surface area (Å²) in [5, 5.41) is 16.3. The number of phenols is 1. The van der Waals surface area contributed by atoms with Gasteiger partial charge in [0.25, 0.3) is 0 Å². The van der Waals surface area contributed by atoms with Gasteiger partial charge in [-0.15, -0.1) is 12.4 Å². The standard InChI is InChI=1S/C18H19N3O3.ClH/c22-16-6-2-1-5-12(16)15-8-13(11-4-3-7-19-9-11)14-10-24-18(23)21-17(14)20-15;/h1-2,5-6,8,11,19,22H,3-4,7,9-10H2,(H,20,21,23);1H. The second-order valence-corrected chi connectivity index (χ2v) is 6.19. The van der Waals surface area contributed by atoms with Gasteiger partial charge in [0.05, 0.1) is 5.69 Å². The van der Waals surface area contributed by atoms with E-state index in [0.717, 1.165) is 37.1 Å². The Morgan fingerprint density at radius 3 is 2.88 bits per heavy atom. The minimum Gasteiger partial charge on any atom is -0.507 e. The van der Waals surface area contributed by atoms with E-state index in [9.17, 15) is 9.90 Å². The zero-order chi connectivity index (χ0) is 16.5. The Kier molecular flexibility index (Phi) is 5.11. The number of hydrogen-bond acceptors (Lipinski definition) is 5. The molecule has 0 radical (unpaired) electrons. The number of para-hydroxylation sites is 1. The highest BCUT2D eigenvalue weighted by Gasteiger charge is 2.27. The summed E-state index contributed by atoms with van der Waals surface area (Å²) in [6.45, 7) is 2.16. The van der Waals surface area contributed by atoms with Crippen molar-refractivity contribution < 1.29 is 14.6 Å². The summed E-state index contributed by atoms with van der Waals surface area (Å²) in [4.78, 5) is 16.2. The lowest BCUT2D eigenvalue weighted by molar-refractivity contribution is 0.150. The van der Waals surface area contributed by atoms with E-state index in [0.29, 0.717) is 23.0 Å². The number of carbonyl (C=O) groups excluding carboxylic acids is 1. The van der Waals surface area contributed by atoms with Crippen LogP contribution < -0.4 is 10.6 Å². The summed E-state index contributed by atoms with van der Waals surface area (Å²) in [5.74, 6) is 1.06. The van der Waals surface area contributed by atoms with Crippen molar-refractivity contribution in [3.05, 3.63) is 41.5 Å². The molecule has 1 fully saturated rings. The number of nitrogens with one attached hydrogen (secondary N) is 2. The van der Waals surface area contributed by atoms with Crippen LogP contribution in [-0.4, -0.2) is 29.3 Å². The monoisotopic (exact) mass is 361 g/mol. The quantitative estimate of drug-likeness (QED) is 0.763. The van der Waals surface area contributed by atoms with Crippen molar-refractivity contribution in [2.24, 2.45) is 0 Å². The molecule has 7 heteroatoms. The Bertz CT molecular complexity index is 791. The average Bonchev–Trinajstić information content (AvgIpc) is 2.61. The lowest BCUT2D eigenvalue weighted by Gasteiger charge is -2.28. The van der Waals surface area contributed by atoms with Gasteiger partial charge in [-0.05, 0) is 49.1 Å². The largest absolute Gasteiger partial charge is 0.507 e. The molecule has 1 aromatic heterocycles. The number of anilines is 1. The molecule has 1 atom stereocenters. The maximum Gasteiger partial charge on any atom is 0.413 e. The molecule has 2 aromatic rings. The SMILES string of the molecule is Cl.O=C1Nc2nc(-c3ccccc3O)cc(C3CCCNC3)c2CO1. The van der Waals surface area contributed by atoms with Gasteiger partial charge in [0.2, 0.25) is 0 Å². The Labute approximate surface area is 152 Å². The fraction of sp³-hybridized carbons (Fsp3) is 0.333. The number of halogens is 1. The van der Waals surface area contributed by atoms with Crippen molar-refractivity contribution in [2.45, 2.75) is 25.4 Å². The van der Waals surface area contributed by atoms with Crippen LogP contribution in [0, 0.1) is 0 Å². The third-order valence-electron chi connectivity index (χ3n) is 4.64. The normalized spacial score (nSPS) is 19.2. The average molecular weight is 362 g/mol. The van der Waals surface area contributed by atoms with Gasteiger partial charge in [0, 0.05) is 17.7 Å². The van der Waals surface area contributed by atoms with Gasteiger partial charge in [-0.1, -0.05) is 12.1 Å². The minimum atomic E-state index is -0.489. The van der Waals surface area contributed by atoms with Crippen LogP contribution in [0.15, 0.2) is 30.3 Å². The molecule has 132 valence electrons. The summed E-state index contributed by atoms with van der Waals surface area (Å²) in [5.41, 5.74) is 3.38. The number of rotatable bonds is 2. The molecule has 0 aliphatic carbocycles. The first-order valence-corrected chi connectivity index (χ1v) is 8.19. The number of ether oxygens (including phenoxy) is 1. The van der Waals surface area contributed by atoms with Gasteiger partial charge in [-0.3, -0.25) is 5.32 Å². The molecule has 1 unspecified atom stereocenters. The zero-order valence-electron chi connectivity index (χ0n) is 13.6. The maximum atomic E-state index is 11.6. The topological polar surface area (TPSA) is 83.5 Å². The highest BCUT2D eigenvalue weighted by Crippen LogP contribution is 2.37. The van der Waals surface area contributed by atoms with Crippen molar-refractivity contribution in [2.75, 3.05) is 18.4 Å². The summed E-state index contributed by atoms with van der Waals surface area (Å²) < 4.78 is 5.15. The number of pyridine rings is 1. The zero-order valence-corrected chi connectivity index (χ0v) is 14.4. The van der Waals surface area contributed by atoms with Crippen LogP contribution in [0.4, 0.5) is 10.6 Å². The van der Waals surface area contributed by atoms with Crippen LogP contribution in [0.2, 0.25) is 0 Å². The van der Waals surface area contributed by atoms with E-state index in [1.54, 1.807) is 12.1 Å². The summed E-state index contributed by atoms with van der Waals surface area (Å²) in [6.07, 6.45) is 1.70. The Morgan fingerprint density at radius 2 is 2.12 bits per heavy atom. The molecular formula is C18H20ClN3O3. The highest BCUT2D eigenvalue weighted by molar-refractivity contribution is 5.87. The van der Waals surface area contributed by atoms with Crippen LogP contribution >= 0.6 is 12.4 Å². The summed E-state index contributed by atoms with van der Waals surface area (Å²) in [6, 6.07) is 9.12. The number of benzene rings is 1. The van der Waals surface area contributed by atoms with Crippen molar-refractivity contribution in [1.29, 1.82) is 0 Å². The molecule has 1 saturated heterocycles. The Hall–Kier alpha value is -2.31. The van der Waals surface area contributed by atoms with Gasteiger partial charge in [0.1, 0.15) is 18.2 Å². The predicted molar refractivity (Wildman–Crippen MR) is 97.2 cm³/mol. The smallest absolute Gasteiger partial charge is 0.413 e. The molecule has 3 heterocycles. The van der Waals surface area contributed by atoms with Crippen molar-refractivity contribution in [1.82, 2.24) is 10.3 Å². The van der Waals surface area contributed by atoms with Gasteiger partial charge in [-0.25, -0.2) is 9.78 Å². The number of piperidine rings is 1. The van der Waals surface area contributed by atoms with Crippen LogP contribution in [0.5, 0.6) is 5.75 Å². The van der Waals surface area contributed by atoms with E-state index in [1.807, 2.05) is 18.2 Å². The maximum absolute atomic E-state index is 11.6. The highest BCUT2D eigenvalue weighted by atomic mass is 35.5. The molecule has 3 N–H and O–H groups in total. The molecule has 0 bridgehead atoms. The van der Waals surface area contributed by atoms with Crippen molar-refractivity contribution >= 4 is 24.3 Å². The van der Waals surface area contributed by atoms with E-state index in [1.165, 1.54) is 0 Å². The molecule has 2 aliphatic rings. The van der Waals surface area contributed by atoms with Crippen LogP contribution in [0.1, 0.15) is 29.9 Å². The third-order valence-corrected chi connectivity index (χ3v) is 4.64. The molecule has 1 aromatic carbocycles. The fourth-order valence-corrected chi connectivity index (χ4v) is 3.43. The summed E-state index contributed by atoms with van der Waals surface area (Å²) in [7, 11) is 0. The molecule has 0 saturated carbocycles. The molecule has 0 spiro atoms. The van der Waals surface area contributed by atoms with E-state index >= 15 is 0 Å². The molecule has 25 heavy (non-hydrogen) atoms. The number of carbonyl (C=O) groups is 1. The Morgan fingerprint density at radius 1 is 1.28 bits per heavy atom. The van der Waals surface area contributed by atoms with Crippen molar-refractivity contribution in [3.8, 4) is 17.0 Å². The fourth-order valence-electron chi connectivity index (χ4n) is 3.43. The first kappa shape index (κ1) is 17.5. The first-order valence-electron chi connectivity index (χ1n) is 8.19. The number of aromatic nitrogens is 1. The van der Waals surface area contributed by atoms with E-state index in [2.05, 4.69) is 15.6 Å². The van der Waals surface area contributed by atoms with E-state index in [-0.39, 0.29) is 24.8 Å². The van der Waals surface area contributed by atoms with Gasteiger partial charge in [-0.2, -0.15) is 0 Å². The number of amides is 1. The van der Waals surface area contributed by atoms with E-state index < -0.39 is 6.09 Å². The molecular weight excluding hydrogens is 342 g/mol. The Balaban J connectivity index is 0.00000182. The van der Waals surface area contributed by atoms with Crippen molar-refractivity contribution in [3.63, 3.8) is 0 Å². The van der Waals surface area contributed by atoms with Crippen LogP contribution in [0.3, 0.4) is 0 Å². The number of nitrogens with zero attached hydrogens (tertiary/aromatic N) is 1. The molecule has 2 aliphatic heterocycles. The second kappa shape index (κ2) is 7.29. The molecule has 1 amide bonds. The molecule has 4 rings (SSSR count). The van der Waals surface area contributed by atoms with Crippen LogP contribution in [-0.2, 0) is 11.3 Å². The second-order valence-electron chi connectivity index (χ2n) is 6.19. The number of phenolic OH excluding ortho intramolecular Hbond substituents is 1. The predicted octanol–water partition coefficient (Wildman–Crippen LogP) is 3.41. The lowest BCUT2D eigenvalue weighted by atomic mass is 9.87. The number of aromatic hydroxyl groups is 1. The summed E-state index contributed by atoms with van der Waals surface area (Å²) >= 11 is 0. The van der Waals surface area contributed by atoms with Crippen LogP contribution in [0.25, 0.3) is 11.3 Å². The van der Waals surface area contributed by atoms with Gasteiger partial charge >= 0.3 is 6.09 Å². The lowest BCUT2D eigenvalue weighted by Crippen LogP contribution is -2.30. The van der Waals surface area contributed by atoms with Gasteiger partial charge < -0.3 is 15.2 Å². The molecule has 6 nitrogen and oxygen atoms in total. The third kappa shape index (κ3) is 3.41. The number of cyclic esters (lactones) is 1. The minimum absolute atomic E-state index is 0. The van der Waals surface area contributed by atoms with E-state index in [4.69, 9.17) is 4.74 Å².